The van der Waals surface area contributed by atoms with Crippen molar-refractivity contribution in [3.05, 3.63) is 77.9 Å². The number of carbonyl (C=O) groups excluding carboxylic acids is 2. The molecular weight excluding hydrogens is 372 g/mol. The second-order valence-corrected chi connectivity index (χ2v) is 8.16. The van der Waals surface area contributed by atoms with Crippen molar-refractivity contribution in [2.45, 2.75) is 25.8 Å². The molecule has 3 aromatic carbocycles. The monoisotopic (exact) mass is 400 g/mol. The van der Waals surface area contributed by atoms with E-state index in [0.29, 0.717) is 5.56 Å². The number of anilines is 1. The lowest BCUT2D eigenvalue weighted by Crippen LogP contribution is -2.42. The van der Waals surface area contributed by atoms with Crippen molar-refractivity contribution in [3.8, 4) is 0 Å². The van der Waals surface area contributed by atoms with Crippen LogP contribution in [0.25, 0.3) is 10.8 Å². The van der Waals surface area contributed by atoms with Gasteiger partial charge >= 0.3 is 0 Å². The summed E-state index contributed by atoms with van der Waals surface area (Å²) in [4.78, 5) is 28.3. The van der Waals surface area contributed by atoms with E-state index in [1.807, 2.05) is 42.3 Å². The lowest BCUT2D eigenvalue weighted by atomic mass is 9.93. The molecular formula is C26H28N2O2. The number of benzene rings is 3. The number of hydrogen-bond donors (Lipinski definition) is 0. The van der Waals surface area contributed by atoms with Crippen LogP contribution in [0.5, 0.6) is 0 Å². The van der Waals surface area contributed by atoms with E-state index in [1.54, 1.807) is 0 Å². The first-order valence-corrected chi connectivity index (χ1v) is 10.6. The predicted molar refractivity (Wildman–Crippen MR) is 122 cm³/mol. The summed E-state index contributed by atoms with van der Waals surface area (Å²) < 4.78 is 0. The van der Waals surface area contributed by atoms with Crippen molar-refractivity contribution >= 4 is 28.7 Å². The first-order valence-electron chi connectivity index (χ1n) is 10.6. The summed E-state index contributed by atoms with van der Waals surface area (Å²) in [6.07, 6.45) is 2.56. The fourth-order valence-corrected chi connectivity index (χ4v) is 4.45. The molecule has 0 spiro atoms. The highest BCUT2D eigenvalue weighted by atomic mass is 16.2. The normalized spacial score (nSPS) is 15.7. The molecule has 30 heavy (non-hydrogen) atoms. The van der Waals surface area contributed by atoms with Crippen LogP contribution in [0.4, 0.5) is 5.69 Å². The van der Waals surface area contributed by atoms with Gasteiger partial charge in [0.2, 0.25) is 5.91 Å². The molecule has 0 saturated carbocycles. The molecule has 4 nitrogen and oxygen atoms in total. The molecule has 1 fully saturated rings. The fraction of sp³-hybridized carbons (Fsp3) is 0.308. The SMILES string of the molecule is C[C@@H](c1cccc2ccccc12)N(C)C(=O)C1CCN(c2ccc(C=O)cc2)CC1. The maximum Gasteiger partial charge on any atom is 0.226 e. The average Bonchev–Trinajstić information content (AvgIpc) is 2.82. The molecule has 0 unspecified atom stereocenters. The fourth-order valence-electron chi connectivity index (χ4n) is 4.45. The zero-order chi connectivity index (χ0) is 21.1. The molecule has 0 aliphatic carbocycles. The largest absolute Gasteiger partial charge is 0.371 e. The van der Waals surface area contributed by atoms with Crippen molar-refractivity contribution in [3.63, 3.8) is 0 Å². The van der Waals surface area contributed by atoms with Crippen LogP contribution in [-0.4, -0.2) is 37.2 Å². The van der Waals surface area contributed by atoms with Crippen LogP contribution < -0.4 is 4.90 Å². The van der Waals surface area contributed by atoms with Gasteiger partial charge in [0.1, 0.15) is 6.29 Å². The Labute approximate surface area is 178 Å². The van der Waals surface area contributed by atoms with Gasteiger partial charge in [0.25, 0.3) is 0 Å². The maximum atomic E-state index is 13.2. The third kappa shape index (κ3) is 3.95. The van der Waals surface area contributed by atoms with Crippen molar-refractivity contribution in [2.75, 3.05) is 25.0 Å². The molecule has 1 amide bonds. The second kappa shape index (κ2) is 8.70. The molecule has 0 N–H and O–H groups in total. The molecule has 154 valence electrons. The van der Waals surface area contributed by atoms with Crippen LogP contribution in [0, 0.1) is 5.92 Å². The summed E-state index contributed by atoms with van der Waals surface area (Å²) in [7, 11) is 1.93. The number of carbonyl (C=O) groups is 2. The van der Waals surface area contributed by atoms with Gasteiger partial charge in [-0.05, 0) is 60.4 Å². The Morgan fingerprint density at radius 2 is 1.67 bits per heavy atom. The van der Waals surface area contributed by atoms with Crippen molar-refractivity contribution in [2.24, 2.45) is 5.92 Å². The number of nitrogens with zero attached hydrogens (tertiary/aromatic N) is 2. The number of hydrogen-bond acceptors (Lipinski definition) is 3. The first kappa shape index (κ1) is 20.1. The summed E-state index contributed by atoms with van der Waals surface area (Å²) in [5.41, 5.74) is 2.99. The minimum absolute atomic E-state index is 0.0255. The van der Waals surface area contributed by atoms with Crippen LogP contribution in [-0.2, 0) is 4.79 Å². The van der Waals surface area contributed by atoms with E-state index in [0.717, 1.165) is 37.9 Å². The van der Waals surface area contributed by atoms with Crippen LogP contribution in [0.1, 0.15) is 41.7 Å². The molecule has 3 aromatic rings. The summed E-state index contributed by atoms with van der Waals surface area (Å²) >= 11 is 0. The van der Waals surface area contributed by atoms with Crippen LogP contribution >= 0.6 is 0 Å². The number of rotatable bonds is 5. The minimum Gasteiger partial charge on any atom is -0.371 e. The lowest BCUT2D eigenvalue weighted by Gasteiger charge is -2.36. The standard InChI is InChI=1S/C26H28N2O2/c1-19(24-9-5-7-21-6-3-4-8-25(21)24)27(2)26(30)22-14-16-28(17-15-22)23-12-10-20(18-29)11-13-23/h3-13,18-19,22H,14-17H2,1-2H3/t19-/m0/s1. The zero-order valence-electron chi connectivity index (χ0n) is 17.6. The number of piperidine rings is 1. The van der Waals surface area contributed by atoms with Gasteiger partial charge in [0, 0.05) is 37.3 Å². The van der Waals surface area contributed by atoms with Gasteiger partial charge in [-0.25, -0.2) is 0 Å². The Kier molecular flexibility index (Phi) is 5.84. The van der Waals surface area contributed by atoms with Gasteiger partial charge in [-0.15, -0.1) is 0 Å². The van der Waals surface area contributed by atoms with E-state index in [2.05, 4.69) is 48.2 Å². The molecule has 1 saturated heterocycles. The van der Waals surface area contributed by atoms with Crippen molar-refractivity contribution in [1.29, 1.82) is 0 Å². The molecule has 1 atom stereocenters. The molecule has 0 bridgehead atoms. The van der Waals surface area contributed by atoms with Gasteiger partial charge in [-0.3, -0.25) is 9.59 Å². The van der Waals surface area contributed by atoms with Crippen molar-refractivity contribution < 1.29 is 9.59 Å². The van der Waals surface area contributed by atoms with E-state index in [9.17, 15) is 9.59 Å². The summed E-state index contributed by atoms with van der Waals surface area (Å²) in [5.74, 6) is 0.282. The Balaban J connectivity index is 1.42. The third-order valence-electron chi connectivity index (χ3n) is 6.44. The van der Waals surface area contributed by atoms with Gasteiger partial charge < -0.3 is 9.80 Å². The third-order valence-corrected chi connectivity index (χ3v) is 6.44. The first-order chi connectivity index (χ1) is 14.6. The van der Waals surface area contributed by atoms with Gasteiger partial charge in [0.05, 0.1) is 6.04 Å². The van der Waals surface area contributed by atoms with Gasteiger partial charge in [-0.2, -0.15) is 0 Å². The number of amides is 1. The smallest absolute Gasteiger partial charge is 0.226 e. The van der Waals surface area contributed by atoms with Gasteiger partial charge in [0.15, 0.2) is 0 Å². The Bertz CT molecular complexity index is 1030. The Morgan fingerprint density at radius 1 is 1.00 bits per heavy atom. The molecule has 4 heteroatoms. The van der Waals surface area contributed by atoms with Gasteiger partial charge in [-0.1, -0.05) is 42.5 Å². The van der Waals surface area contributed by atoms with Crippen molar-refractivity contribution in [1.82, 2.24) is 4.90 Å². The van der Waals surface area contributed by atoms with E-state index in [1.165, 1.54) is 16.3 Å². The number of fused-ring (bicyclic) bond motifs is 1. The minimum atomic E-state index is 0.0255. The zero-order valence-corrected chi connectivity index (χ0v) is 17.6. The second-order valence-electron chi connectivity index (χ2n) is 8.16. The van der Waals surface area contributed by atoms with E-state index >= 15 is 0 Å². The number of aldehydes is 1. The highest BCUT2D eigenvalue weighted by Crippen LogP contribution is 2.30. The summed E-state index contributed by atoms with van der Waals surface area (Å²) in [6.45, 7) is 3.82. The lowest BCUT2D eigenvalue weighted by molar-refractivity contribution is -0.136. The van der Waals surface area contributed by atoms with E-state index in [-0.39, 0.29) is 17.9 Å². The topological polar surface area (TPSA) is 40.6 Å². The summed E-state index contributed by atoms with van der Waals surface area (Å²) in [6, 6.07) is 22.4. The predicted octanol–water partition coefficient (Wildman–Crippen LogP) is 5.09. The Morgan fingerprint density at radius 3 is 2.37 bits per heavy atom. The molecule has 0 radical (unpaired) electrons. The molecule has 1 heterocycles. The average molecular weight is 401 g/mol. The quantitative estimate of drug-likeness (QED) is 0.560. The van der Waals surface area contributed by atoms with Crippen LogP contribution in [0.2, 0.25) is 0 Å². The van der Waals surface area contributed by atoms with E-state index in [4.69, 9.17) is 0 Å². The molecule has 4 rings (SSSR count). The highest BCUT2D eigenvalue weighted by molar-refractivity contribution is 5.87. The highest BCUT2D eigenvalue weighted by Gasteiger charge is 2.29. The molecule has 1 aliphatic heterocycles. The van der Waals surface area contributed by atoms with E-state index < -0.39 is 0 Å². The Hall–Kier alpha value is -3.14. The molecule has 0 aromatic heterocycles. The van der Waals surface area contributed by atoms with Crippen LogP contribution in [0.3, 0.4) is 0 Å². The molecule has 1 aliphatic rings. The van der Waals surface area contributed by atoms with Crippen LogP contribution in [0.15, 0.2) is 66.7 Å². The summed E-state index contributed by atoms with van der Waals surface area (Å²) in [5, 5.41) is 2.41. The maximum absolute atomic E-state index is 13.2.